The second kappa shape index (κ2) is 5.53. The van der Waals surface area contributed by atoms with E-state index in [-0.39, 0.29) is 5.91 Å². The molecule has 0 atom stereocenters. The third-order valence-electron chi connectivity index (χ3n) is 3.22. The van der Waals surface area contributed by atoms with Gasteiger partial charge in [0.15, 0.2) is 4.32 Å². The molecule has 2 heterocycles. The fourth-order valence-electron chi connectivity index (χ4n) is 2.18. The van der Waals surface area contributed by atoms with E-state index in [4.69, 9.17) is 22.8 Å². The summed E-state index contributed by atoms with van der Waals surface area (Å²) in [5.41, 5.74) is 1.04. The number of anilines is 1. The highest BCUT2D eigenvalue weighted by Gasteiger charge is 2.37. The largest absolute Gasteiger partial charge is 0.497 e. The smallest absolute Gasteiger partial charge is 0.283 e. The summed E-state index contributed by atoms with van der Waals surface area (Å²) in [6, 6.07) is 5.89. The first kappa shape index (κ1) is 14.7. The van der Waals surface area contributed by atoms with Crippen LogP contribution in [0.3, 0.4) is 0 Å². The fourth-order valence-corrected chi connectivity index (χ4v) is 4.64. The van der Waals surface area contributed by atoms with E-state index < -0.39 is 0 Å². The van der Waals surface area contributed by atoms with Crippen LogP contribution in [-0.4, -0.2) is 28.9 Å². The van der Waals surface area contributed by atoms with E-state index in [2.05, 4.69) is 4.90 Å². The van der Waals surface area contributed by atoms with E-state index in [9.17, 15) is 4.79 Å². The maximum atomic E-state index is 12.2. The van der Waals surface area contributed by atoms with Crippen molar-refractivity contribution in [3.63, 3.8) is 0 Å². The van der Waals surface area contributed by atoms with Crippen LogP contribution in [0.15, 0.2) is 33.0 Å². The fraction of sp³-hybridized carbons (Fsp3) is 0.231. The Hall–Kier alpha value is -1.22. The van der Waals surface area contributed by atoms with Crippen molar-refractivity contribution >= 4 is 51.7 Å². The number of ether oxygens (including phenoxy) is 1. The Kier molecular flexibility index (Phi) is 3.87. The minimum Gasteiger partial charge on any atom is -0.497 e. The standard InChI is InChI=1S/C13H13N3O2S3/c1-3-15-8-6-7(18-2)4-5-9(8)20-12(15)10-11(17)16(14)13(19)21-10/h4-6H,3,14H2,1-2H3/b12-10-. The molecule has 1 saturated heterocycles. The van der Waals surface area contributed by atoms with Crippen molar-refractivity contribution in [2.75, 3.05) is 18.6 Å². The first-order valence-corrected chi connectivity index (χ1v) is 8.29. The molecule has 0 radical (unpaired) electrons. The number of benzene rings is 1. The van der Waals surface area contributed by atoms with E-state index in [1.54, 1.807) is 18.9 Å². The predicted octanol–water partition coefficient (Wildman–Crippen LogP) is 2.53. The van der Waals surface area contributed by atoms with Gasteiger partial charge in [-0.15, -0.1) is 0 Å². The van der Waals surface area contributed by atoms with Crippen LogP contribution in [0.4, 0.5) is 5.69 Å². The molecular formula is C13H13N3O2S3. The van der Waals surface area contributed by atoms with Gasteiger partial charge in [-0.25, -0.2) is 10.9 Å². The third-order valence-corrected chi connectivity index (χ3v) is 5.92. The lowest BCUT2D eigenvalue weighted by molar-refractivity contribution is -0.122. The van der Waals surface area contributed by atoms with Gasteiger partial charge in [0.1, 0.15) is 15.7 Å². The number of methoxy groups -OCH3 is 1. The Morgan fingerprint density at radius 3 is 2.71 bits per heavy atom. The van der Waals surface area contributed by atoms with Crippen LogP contribution in [-0.2, 0) is 4.79 Å². The minimum absolute atomic E-state index is 0.245. The van der Waals surface area contributed by atoms with Crippen molar-refractivity contribution in [1.29, 1.82) is 0 Å². The van der Waals surface area contributed by atoms with Gasteiger partial charge in [0.25, 0.3) is 5.91 Å². The summed E-state index contributed by atoms with van der Waals surface area (Å²) in [4.78, 5) is 16.0. The van der Waals surface area contributed by atoms with Gasteiger partial charge in [-0.3, -0.25) is 4.79 Å². The molecule has 0 unspecified atom stereocenters. The molecule has 2 N–H and O–H groups in total. The number of hydrogen-bond donors (Lipinski definition) is 1. The first-order valence-electron chi connectivity index (χ1n) is 6.25. The Balaban J connectivity index is 2.07. The van der Waals surface area contributed by atoms with Gasteiger partial charge in [-0.05, 0) is 19.1 Å². The SMILES string of the molecule is CCN1/C(=C2/SC(=S)N(N)C2=O)Sc2ccc(OC)cc21. The van der Waals surface area contributed by atoms with E-state index in [0.29, 0.717) is 9.23 Å². The molecule has 0 aliphatic carbocycles. The van der Waals surface area contributed by atoms with Crippen molar-refractivity contribution in [1.82, 2.24) is 5.01 Å². The lowest BCUT2D eigenvalue weighted by Gasteiger charge is -2.19. The summed E-state index contributed by atoms with van der Waals surface area (Å²) >= 11 is 7.90. The zero-order chi connectivity index (χ0) is 15.1. The van der Waals surface area contributed by atoms with Crippen LogP contribution < -0.4 is 15.5 Å². The number of amides is 1. The minimum atomic E-state index is -0.245. The molecule has 0 bridgehead atoms. The lowest BCUT2D eigenvalue weighted by atomic mass is 10.2. The third kappa shape index (κ3) is 2.32. The second-order valence-corrected chi connectivity index (χ2v) is 7.03. The van der Waals surface area contributed by atoms with Crippen molar-refractivity contribution in [2.45, 2.75) is 11.8 Å². The molecule has 2 aliphatic rings. The molecule has 110 valence electrons. The normalized spacial score (nSPS) is 21.3. The van der Waals surface area contributed by atoms with Crippen molar-refractivity contribution < 1.29 is 9.53 Å². The molecule has 8 heteroatoms. The highest BCUT2D eigenvalue weighted by Crippen LogP contribution is 2.51. The summed E-state index contributed by atoms with van der Waals surface area (Å²) in [5, 5.41) is 1.91. The number of hydrazine groups is 1. The molecule has 1 amide bonds. The van der Waals surface area contributed by atoms with Gasteiger partial charge in [-0.2, -0.15) is 0 Å². The van der Waals surface area contributed by atoms with Gasteiger partial charge >= 0.3 is 0 Å². The lowest BCUT2D eigenvalue weighted by Crippen LogP contribution is -2.35. The molecule has 1 fully saturated rings. The summed E-state index contributed by atoms with van der Waals surface area (Å²) < 4.78 is 5.66. The monoisotopic (exact) mass is 339 g/mol. The zero-order valence-electron chi connectivity index (χ0n) is 11.5. The molecule has 3 rings (SSSR count). The number of hydrogen-bond acceptors (Lipinski definition) is 7. The van der Waals surface area contributed by atoms with Gasteiger partial charge in [0, 0.05) is 17.5 Å². The Bertz CT molecular complexity index is 675. The Morgan fingerprint density at radius 2 is 2.14 bits per heavy atom. The molecular weight excluding hydrogens is 326 g/mol. The van der Waals surface area contributed by atoms with Gasteiger partial charge in [0.05, 0.1) is 12.8 Å². The predicted molar refractivity (Wildman–Crippen MR) is 90.1 cm³/mol. The van der Waals surface area contributed by atoms with E-state index in [0.717, 1.165) is 32.9 Å². The van der Waals surface area contributed by atoms with Crippen molar-refractivity contribution in [3.05, 3.63) is 28.1 Å². The quantitative estimate of drug-likeness (QED) is 0.384. The average molecular weight is 339 g/mol. The van der Waals surface area contributed by atoms with Crippen LogP contribution in [0.1, 0.15) is 6.92 Å². The molecule has 0 spiro atoms. The summed E-state index contributed by atoms with van der Waals surface area (Å²) in [5.74, 6) is 6.20. The van der Waals surface area contributed by atoms with Crippen LogP contribution in [0.25, 0.3) is 0 Å². The van der Waals surface area contributed by atoms with Crippen LogP contribution in [0.2, 0.25) is 0 Å². The van der Waals surface area contributed by atoms with Gasteiger partial charge < -0.3 is 9.64 Å². The van der Waals surface area contributed by atoms with Crippen LogP contribution >= 0.6 is 35.7 Å². The number of nitrogens with two attached hydrogens (primary N) is 1. The van der Waals surface area contributed by atoms with Gasteiger partial charge in [-0.1, -0.05) is 35.7 Å². The molecule has 0 saturated carbocycles. The highest BCUT2D eigenvalue weighted by atomic mass is 32.2. The van der Waals surface area contributed by atoms with Crippen molar-refractivity contribution in [2.24, 2.45) is 5.84 Å². The second-order valence-electron chi connectivity index (χ2n) is 4.36. The Labute approximate surface area is 136 Å². The van der Waals surface area contributed by atoms with E-state index in [1.165, 1.54) is 11.8 Å². The van der Waals surface area contributed by atoms with Crippen LogP contribution in [0, 0.1) is 0 Å². The number of thiocarbonyl (C=S) groups is 1. The maximum absolute atomic E-state index is 12.2. The Morgan fingerprint density at radius 1 is 1.38 bits per heavy atom. The van der Waals surface area contributed by atoms with Crippen LogP contribution in [0.5, 0.6) is 5.75 Å². The number of carbonyl (C=O) groups is 1. The van der Waals surface area contributed by atoms with E-state index in [1.807, 2.05) is 25.1 Å². The molecule has 5 nitrogen and oxygen atoms in total. The average Bonchev–Trinajstić information content (AvgIpc) is 2.98. The molecule has 21 heavy (non-hydrogen) atoms. The van der Waals surface area contributed by atoms with E-state index >= 15 is 0 Å². The topological polar surface area (TPSA) is 58.8 Å². The number of rotatable bonds is 2. The zero-order valence-corrected chi connectivity index (χ0v) is 13.9. The molecule has 1 aromatic carbocycles. The van der Waals surface area contributed by atoms with Gasteiger partial charge in [0.2, 0.25) is 0 Å². The highest BCUT2D eigenvalue weighted by molar-refractivity contribution is 8.27. The summed E-state index contributed by atoms with van der Waals surface area (Å²) in [7, 11) is 1.64. The number of thioether (sulfide) groups is 2. The molecule has 2 aliphatic heterocycles. The first-order chi connectivity index (χ1) is 10.1. The number of carbonyl (C=O) groups excluding carboxylic acids is 1. The van der Waals surface area contributed by atoms with Crippen molar-refractivity contribution in [3.8, 4) is 5.75 Å². The number of fused-ring (bicyclic) bond motifs is 1. The summed E-state index contributed by atoms with van der Waals surface area (Å²) in [6.45, 7) is 2.79. The summed E-state index contributed by atoms with van der Waals surface area (Å²) in [6.07, 6.45) is 0. The molecule has 1 aromatic rings. The molecule has 0 aromatic heterocycles. The maximum Gasteiger partial charge on any atom is 0.283 e. The number of nitrogens with zero attached hydrogens (tertiary/aromatic N) is 2.